The van der Waals surface area contributed by atoms with E-state index in [9.17, 15) is 14.0 Å². The quantitative estimate of drug-likeness (QED) is 0.492. The highest BCUT2D eigenvalue weighted by molar-refractivity contribution is 6.36. The Morgan fingerprint density at radius 1 is 1.09 bits per heavy atom. The Morgan fingerprint density at radius 2 is 1.82 bits per heavy atom. The van der Waals surface area contributed by atoms with Crippen LogP contribution in [-0.4, -0.2) is 40.0 Å². The molecule has 5 rings (SSSR count). The Kier molecular flexibility index (Phi) is 5.97. The second-order valence-corrected chi connectivity index (χ2v) is 8.66. The van der Waals surface area contributed by atoms with Gasteiger partial charge in [-0.25, -0.2) is 4.39 Å². The molecule has 174 valence electrons. The first kappa shape index (κ1) is 22.4. The van der Waals surface area contributed by atoms with E-state index in [-0.39, 0.29) is 38.8 Å². The molecule has 8 nitrogen and oxygen atoms in total. The van der Waals surface area contributed by atoms with Gasteiger partial charge in [0.25, 0.3) is 11.8 Å². The lowest BCUT2D eigenvalue weighted by molar-refractivity contribution is 0.0792. The first-order valence-corrected chi connectivity index (χ1v) is 11.3. The number of benzene rings is 2. The maximum atomic E-state index is 13.9. The molecule has 0 spiro atoms. The summed E-state index contributed by atoms with van der Waals surface area (Å²) in [7, 11) is 0. The van der Waals surface area contributed by atoms with Gasteiger partial charge in [-0.3, -0.25) is 9.59 Å². The third kappa shape index (κ3) is 4.24. The molecule has 0 radical (unpaired) electrons. The normalized spacial score (nSPS) is 16.6. The van der Waals surface area contributed by atoms with E-state index in [1.807, 2.05) is 4.90 Å². The molecule has 34 heavy (non-hydrogen) atoms. The van der Waals surface area contributed by atoms with Gasteiger partial charge in [0.2, 0.25) is 6.23 Å². The number of fused-ring (bicyclic) bond motifs is 1. The first-order valence-electron chi connectivity index (χ1n) is 10.6. The summed E-state index contributed by atoms with van der Waals surface area (Å²) in [6.07, 6.45) is 1.15. The lowest BCUT2D eigenvalue weighted by Gasteiger charge is -2.15. The number of likely N-dealkylation sites (tertiary alicyclic amines) is 1. The Labute approximate surface area is 204 Å². The van der Waals surface area contributed by atoms with Crippen LogP contribution in [0.1, 0.15) is 45.5 Å². The molecule has 0 saturated carbocycles. The van der Waals surface area contributed by atoms with Crippen molar-refractivity contribution >= 4 is 46.5 Å². The van der Waals surface area contributed by atoms with Crippen molar-refractivity contribution in [2.24, 2.45) is 0 Å². The summed E-state index contributed by atoms with van der Waals surface area (Å²) in [5.74, 6) is -0.655. The Hall–Kier alpha value is -3.43. The highest BCUT2D eigenvalue weighted by Gasteiger charge is 2.31. The molecule has 3 heterocycles. The van der Waals surface area contributed by atoms with E-state index in [4.69, 9.17) is 27.9 Å². The van der Waals surface area contributed by atoms with Gasteiger partial charge in [0.05, 0.1) is 15.6 Å². The lowest BCUT2D eigenvalue weighted by Crippen LogP contribution is -2.27. The van der Waals surface area contributed by atoms with Crippen LogP contribution in [0.5, 0.6) is 5.75 Å². The van der Waals surface area contributed by atoms with Gasteiger partial charge in [0.15, 0.2) is 17.3 Å². The zero-order valence-corrected chi connectivity index (χ0v) is 19.2. The fourth-order valence-corrected chi connectivity index (χ4v) is 4.43. The summed E-state index contributed by atoms with van der Waals surface area (Å²) in [5.41, 5.74) is 1.30. The van der Waals surface area contributed by atoms with Crippen LogP contribution >= 0.6 is 23.2 Å². The summed E-state index contributed by atoms with van der Waals surface area (Å²) in [6.45, 7) is 1.54. The molecule has 2 aromatic carbocycles. The summed E-state index contributed by atoms with van der Waals surface area (Å²) in [6, 6.07) is 10.6. The fourth-order valence-electron chi connectivity index (χ4n) is 3.86. The van der Waals surface area contributed by atoms with Gasteiger partial charge in [-0.15, -0.1) is 10.2 Å². The summed E-state index contributed by atoms with van der Waals surface area (Å²) >= 11 is 12.2. The van der Waals surface area contributed by atoms with Crippen LogP contribution in [0, 0.1) is 5.82 Å². The number of rotatable bonds is 4. The van der Waals surface area contributed by atoms with Crippen molar-refractivity contribution in [2.75, 3.05) is 23.7 Å². The van der Waals surface area contributed by atoms with E-state index in [1.54, 1.807) is 24.3 Å². The Bertz CT molecular complexity index is 1280. The molecule has 0 bridgehead atoms. The number of hydrogen-bond donors (Lipinski definition) is 2. The van der Waals surface area contributed by atoms with Gasteiger partial charge < -0.3 is 20.3 Å². The topological polar surface area (TPSA) is 96.5 Å². The molecule has 11 heteroatoms. The standard InChI is InChI=1S/C23H18Cl2FN5O3/c24-14-7-8-15(26)19(25)18(14)22-28-20-17(34-22)11-16(29-30-20)21(32)27-13-5-3-12(4-6-13)23(33)31-9-1-2-10-31/h3-8,11,22H,1-2,9-10H2,(H,27,32)(H,28,30). The van der Waals surface area contributed by atoms with E-state index in [0.29, 0.717) is 11.3 Å². The molecule has 1 fully saturated rings. The van der Waals surface area contributed by atoms with Crippen LogP contribution in [0.3, 0.4) is 0 Å². The lowest BCUT2D eigenvalue weighted by atomic mass is 10.2. The zero-order chi connectivity index (χ0) is 23.8. The number of carbonyl (C=O) groups excluding carboxylic acids is 2. The van der Waals surface area contributed by atoms with E-state index in [1.165, 1.54) is 12.1 Å². The van der Waals surface area contributed by atoms with Crippen LogP contribution in [0.25, 0.3) is 0 Å². The van der Waals surface area contributed by atoms with Crippen LogP contribution < -0.4 is 15.4 Å². The van der Waals surface area contributed by atoms with E-state index in [2.05, 4.69) is 20.8 Å². The minimum absolute atomic E-state index is 0.00913. The van der Waals surface area contributed by atoms with Gasteiger partial charge in [-0.1, -0.05) is 23.2 Å². The average molecular weight is 502 g/mol. The second kappa shape index (κ2) is 9.08. The van der Waals surface area contributed by atoms with E-state index in [0.717, 1.165) is 32.0 Å². The van der Waals surface area contributed by atoms with Crippen LogP contribution in [0.4, 0.5) is 15.9 Å². The van der Waals surface area contributed by atoms with Crippen LogP contribution in [0.2, 0.25) is 10.0 Å². The van der Waals surface area contributed by atoms with Crippen molar-refractivity contribution in [3.8, 4) is 5.75 Å². The van der Waals surface area contributed by atoms with Gasteiger partial charge >= 0.3 is 0 Å². The molecule has 2 aliphatic rings. The van der Waals surface area contributed by atoms with Crippen molar-refractivity contribution in [1.82, 2.24) is 15.1 Å². The second-order valence-electron chi connectivity index (χ2n) is 7.87. The van der Waals surface area contributed by atoms with Crippen molar-refractivity contribution in [3.63, 3.8) is 0 Å². The zero-order valence-electron chi connectivity index (χ0n) is 17.6. The number of amides is 2. The molecule has 2 amide bonds. The molecule has 1 aromatic heterocycles. The number of nitrogens with zero attached hydrogens (tertiary/aromatic N) is 3. The summed E-state index contributed by atoms with van der Waals surface area (Å²) in [4.78, 5) is 27.0. The third-order valence-electron chi connectivity index (χ3n) is 5.63. The van der Waals surface area contributed by atoms with Gasteiger partial charge in [-0.05, 0) is 49.2 Å². The third-order valence-corrected chi connectivity index (χ3v) is 6.34. The van der Waals surface area contributed by atoms with Crippen molar-refractivity contribution in [2.45, 2.75) is 19.1 Å². The van der Waals surface area contributed by atoms with E-state index < -0.39 is 18.0 Å². The number of anilines is 2. The predicted octanol–water partition coefficient (Wildman–Crippen LogP) is 4.91. The maximum Gasteiger partial charge on any atom is 0.276 e. The highest BCUT2D eigenvalue weighted by Crippen LogP contribution is 2.41. The number of halogens is 3. The smallest absolute Gasteiger partial charge is 0.276 e. The molecule has 1 atom stereocenters. The molecule has 0 aliphatic carbocycles. The minimum atomic E-state index is -0.890. The Morgan fingerprint density at radius 3 is 2.56 bits per heavy atom. The minimum Gasteiger partial charge on any atom is -0.462 e. The van der Waals surface area contributed by atoms with Crippen LogP contribution in [-0.2, 0) is 0 Å². The highest BCUT2D eigenvalue weighted by atomic mass is 35.5. The SMILES string of the molecule is O=C(Nc1ccc(C(=O)N2CCCC2)cc1)c1cc2c(nn1)NC(c1c(Cl)ccc(F)c1Cl)O2. The summed E-state index contributed by atoms with van der Waals surface area (Å²) < 4.78 is 19.7. The van der Waals surface area contributed by atoms with Crippen molar-refractivity contribution in [3.05, 3.63) is 75.1 Å². The number of carbonyl (C=O) groups is 2. The molecular formula is C23H18Cl2FN5O3. The molecular weight excluding hydrogens is 484 g/mol. The first-order chi connectivity index (χ1) is 16.4. The van der Waals surface area contributed by atoms with Crippen molar-refractivity contribution < 1.29 is 18.7 Å². The molecule has 2 N–H and O–H groups in total. The van der Waals surface area contributed by atoms with Gasteiger partial charge in [0, 0.05) is 30.4 Å². The van der Waals surface area contributed by atoms with Gasteiger partial charge in [0.1, 0.15) is 5.82 Å². The number of hydrogen-bond acceptors (Lipinski definition) is 6. The molecule has 1 unspecified atom stereocenters. The van der Waals surface area contributed by atoms with Crippen LogP contribution in [0.15, 0.2) is 42.5 Å². The number of ether oxygens (including phenoxy) is 1. The number of aromatic nitrogens is 2. The largest absolute Gasteiger partial charge is 0.462 e. The van der Waals surface area contributed by atoms with Gasteiger partial charge in [-0.2, -0.15) is 0 Å². The predicted molar refractivity (Wildman–Crippen MR) is 125 cm³/mol. The maximum absolute atomic E-state index is 13.9. The summed E-state index contributed by atoms with van der Waals surface area (Å²) in [5, 5.41) is 13.6. The molecule has 2 aliphatic heterocycles. The van der Waals surface area contributed by atoms with E-state index >= 15 is 0 Å². The number of nitrogens with one attached hydrogen (secondary N) is 2. The average Bonchev–Trinajstić information content (AvgIpc) is 3.51. The van der Waals surface area contributed by atoms with Crippen molar-refractivity contribution in [1.29, 1.82) is 0 Å². The Balaban J connectivity index is 1.28. The fraction of sp³-hybridized carbons (Fsp3) is 0.217. The monoisotopic (exact) mass is 501 g/mol. The molecule has 1 saturated heterocycles. The molecule has 3 aromatic rings.